The molecule has 0 saturated heterocycles. The summed E-state index contributed by atoms with van der Waals surface area (Å²) in [4.78, 5) is 25.4. The number of allylic oxidation sites excluding steroid dienone is 22. The highest BCUT2D eigenvalue weighted by atomic mass is 16.6. The molecule has 0 aromatic heterocycles. The lowest BCUT2D eigenvalue weighted by Crippen LogP contribution is -2.30. The number of hydrogen-bond donors (Lipinski definition) is 0. The number of unbranched alkanes of at least 4 members (excludes halogenated alkanes) is 12. The zero-order valence-corrected chi connectivity index (χ0v) is 41.2. The summed E-state index contributed by atoms with van der Waals surface area (Å²) < 4.78 is 17.3. The number of esters is 2. The van der Waals surface area contributed by atoms with Gasteiger partial charge < -0.3 is 14.2 Å². The largest absolute Gasteiger partial charge is 0.462 e. The summed E-state index contributed by atoms with van der Waals surface area (Å²) in [5.74, 6) is -0.490. The van der Waals surface area contributed by atoms with Gasteiger partial charge in [-0.3, -0.25) is 9.59 Å². The van der Waals surface area contributed by atoms with Crippen LogP contribution in [0.25, 0.3) is 0 Å². The van der Waals surface area contributed by atoms with Crippen LogP contribution in [0, 0.1) is 0 Å². The van der Waals surface area contributed by atoms with Crippen LogP contribution in [0.2, 0.25) is 0 Å². The maximum Gasteiger partial charge on any atom is 0.306 e. The average molecular weight is 883 g/mol. The second kappa shape index (κ2) is 53.4. The van der Waals surface area contributed by atoms with E-state index >= 15 is 0 Å². The molecule has 0 rings (SSSR count). The van der Waals surface area contributed by atoms with Gasteiger partial charge in [-0.05, 0) is 128 Å². The molecule has 0 N–H and O–H groups in total. The maximum atomic E-state index is 12.8. The van der Waals surface area contributed by atoms with Gasteiger partial charge in [0, 0.05) is 19.4 Å². The van der Waals surface area contributed by atoms with Crippen molar-refractivity contribution in [3.05, 3.63) is 134 Å². The standard InChI is InChI=1S/C59H94O5/c1-4-7-10-13-16-19-22-25-27-28-29-30-31-33-36-39-42-45-48-51-54-62-55-57(64-59(61)53-50-47-44-41-38-34-24-21-18-15-12-9-6-3)56-63-58(60)52-49-46-43-40-37-35-32-26-23-20-17-14-11-8-5-2/h7,9-10,12,16-21,25-27,29-30,32-34,36,38,42,45,57H,4-6,8,11,13-15,22-24,28,31,35,37,39-41,43-44,46-56H2,1-3H3/b10-7-,12-9-,19-16-,20-17-,21-18-,27-25-,30-29-,32-26-,36-33-,38-34-,45-42-. The van der Waals surface area contributed by atoms with Gasteiger partial charge in [0.2, 0.25) is 0 Å². The van der Waals surface area contributed by atoms with Crippen molar-refractivity contribution in [1.29, 1.82) is 0 Å². The lowest BCUT2D eigenvalue weighted by atomic mass is 10.1. The fraction of sp³-hybridized carbons (Fsp3) is 0.593. The molecule has 64 heavy (non-hydrogen) atoms. The summed E-state index contributed by atoms with van der Waals surface area (Å²) in [6.45, 7) is 7.36. The first-order valence-electron chi connectivity index (χ1n) is 25.7. The molecule has 0 radical (unpaired) electrons. The summed E-state index contributed by atoms with van der Waals surface area (Å²) in [5.41, 5.74) is 0. The van der Waals surface area contributed by atoms with Crippen molar-refractivity contribution in [2.24, 2.45) is 0 Å². The molecule has 0 spiro atoms. The van der Waals surface area contributed by atoms with Gasteiger partial charge in [0.1, 0.15) is 6.61 Å². The van der Waals surface area contributed by atoms with E-state index < -0.39 is 6.10 Å². The summed E-state index contributed by atoms with van der Waals surface area (Å²) in [6, 6.07) is 0. The van der Waals surface area contributed by atoms with Gasteiger partial charge in [-0.25, -0.2) is 0 Å². The van der Waals surface area contributed by atoms with Gasteiger partial charge in [-0.15, -0.1) is 0 Å². The Morgan fingerprint density at radius 3 is 1.14 bits per heavy atom. The molecule has 0 saturated carbocycles. The molecule has 0 aromatic rings. The van der Waals surface area contributed by atoms with Crippen LogP contribution in [0.5, 0.6) is 0 Å². The monoisotopic (exact) mass is 883 g/mol. The van der Waals surface area contributed by atoms with Crippen molar-refractivity contribution < 1.29 is 23.8 Å². The van der Waals surface area contributed by atoms with Gasteiger partial charge >= 0.3 is 11.9 Å². The topological polar surface area (TPSA) is 61.8 Å². The third-order valence-electron chi connectivity index (χ3n) is 10.2. The minimum Gasteiger partial charge on any atom is -0.462 e. The van der Waals surface area contributed by atoms with Crippen LogP contribution in [0.1, 0.15) is 201 Å². The molecule has 1 unspecified atom stereocenters. The van der Waals surface area contributed by atoms with Crippen molar-refractivity contribution in [2.75, 3.05) is 19.8 Å². The predicted octanol–water partition coefficient (Wildman–Crippen LogP) is 17.6. The van der Waals surface area contributed by atoms with Gasteiger partial charge in [-0.2, -0.15) is 0 Å². The first-order valence-corrected chi connectivity index (χ1v) is 25.7. The van der Waals surface area contributed by atoms with Crippen LogP contribution in [-0.4, -0.2) is 37.9 Å². The molecule has 0 fully saturated rings. The van der Waals surface area contributed by atoms with Crippen LogP contribution < -0.4 is 0 Å². The molecular formula is C59H94O5. The van der Waals surface area contributed by atoms with Crippen molar-refractivity contribution in [3.8, 4) is 0 Å². The number of carbonyl (C=O) groups is 2. The van der Waals surface area contributed by atoms with Crippen molar-refractivity contribution in [1.82, 2.24) is 0 Å². The van der Waals surface area contributed by atoms with Crippen LogP contribution >= 0.6 is 0 Å². The second-order valence-electron chi connectivity index (χ2n) is 16.3. The Labute approximate surface area is 394 Å². The molecule has 5 nitrogen and oxygen atoms in total. The van der Waals surface area contributed by atoms with Gasteiger partial charge in [0.15, 0.2) is 6.10 Å². The molecule has 360 valence electrons. The summed E-state index contributed by atoms with van der Waals surface area (Å²) in [6.07, 6.45) is 76.1. The third kappa shape index (κ3) is 50.7. The second-order valence-corrected chi connectivity index (χ2v) is 16.3. The van der Waals surface area contributed by atoms with Gasteiger partial charge in [0.25, 0.3) is 0 Å². The highest BCUT2D eigenvalue weighted by molar-refractivity contribution is 5.70. The molecule has 0 aliphatic rings. The molecule has 0 aromatic carbocycles. The molecule has 0 amide bonds. The fourth-order valence-corrected chi connectivity index (χ4v) is 6.39. The number of rotatable bonds is 45. The number of carbonyl (C=O) groups excluding carboxylic acids is 2. The Bertz CT molecular complexity index is 1370. The van der Waals surface area contributed by atoms with E-state index in [9.17, 15) is 9.59 Å². The lowest BCUT2D eigenvalue weighted by Gasteiger charge is -2.18. The van der Waals surface area contributed by atoms with E-state index in [0.717, 1.165) is 128 Å². The van der Waals surface area contributed by atoms with Crippen LogP contribution in [0.4, 0.5) is 0 Å². The summed E-state index contributed by atoms with van der Waals surface area (Å²) in [5, 5.41) is 0. The smallest absolute Gasteiger partial charge is 0.306 e. The lowest BCUT2D eigenvalue weighted by molar-refractivity contribution is -0.163. The van der Waals surface area contributed by atoms with Gasteiger partial charge in [0.05, 0.1) is 6.61 Å². The normalized spacial score (nSPS) is 13.4. The highest BCUT2D eigenvalue weighted by Crippen LogP contribution is 2.11. The van der Waals surface area contributed by atoms with E-state index in [1.807, 2.05) is 0 Å². The molecule has 0 aliphatic carbocycles. The molecule has 0 heterocycles. The molecule has 1 atom stereocenters. The van der Waals surface area contributed by atoms with E-state index in [0.29, 0.717) is 19.4 Å². The van der Waals surface area contributed by atoms with Crippen LogP contribution in [0.3, 0.4) is 0 Å². The highest BCUT2D eigenvalue weighted by Gasteiger charge is 2.17. The fourth-order valence-electron chi connectivity index (χ4n) is 6.39. The van der Waals surface area contributed by atoms with E-state index in [2.05, 4.69) is 154 Å². The Morgan fingerprint density at radius 1 is 0.359 bits per heavy atom. The zero-order valence-electron chi connectivity index (χ0n) is 41.2. The van der Waals surface area contributed by atoms with Gasteiger partial charge in [-0.1, -0.05) is 193 Å². The third-order valence-corrected chi connectivity index (χ3v) is 10.2. The first kappa shape index (κ1) is 60.0. The zero-order chi connectivity index (χ0) is 46.3. The number of ether oxygens (including phenoxy) is 3. The van der Waals surface area contributed by atoms with E-state index in [4.69, 9.17) is 14.2 Å². The van der Waals surface area contributed by atoms with Crippen molar-refractivity contribution >= 4 is 11.9 Å². The average Bonchev–Trinajstić information content (AvgIpc) is 3.30. The van der Waals surface area contributed by atoms with E-state index in [-0.39, 0.29) is 25.2 Å². The maximum absolute atomic E-state index is 12.8. The SMILES string of the molecule is CC/C=C\C/C=C\C/C=C\C/C=C\C/C=C\C/C=C\CCCOCC(COC(=O)CCCCCCC/C=C\C/C=C\CCCCC)OC(=O)CCCCC/C=C\C/C=C\C/C=C\CC. The summed E-state index contributed by atoms with van der Waals surface area (Å²) >= 11 is 0. The predicted molar refractivity (Wildman–Crippen MR) is 278 cm³/mol. The Hall–Kier alpha value is -3.96. The number of hydrogen-bond acceptors (Lipinski definition) is 5. The van der Waals surface area contributed by atoms with Crippen LogP contribution in [0.15, 0.2) is 134 Å². The molecular weight excluding hydrogens is 789 g/mol. The van der Waals surface area contributed by atoms with Crippen LogP contribution in [-0.2, 0) is 23.8 Å². The Balaban J connectivity index is 4.46. The quantitative estimate of drug-likeness (QED) is 0.0346. The minimum atomic E-state index is -0.597. The summed E-state index contributed by atoms with van der Waals surface area (Å²) in [7, 11) is 0. The Kier molecular flexibility index (Phi) is 50.1. The van der Waals surface area contributed by atoms with Crippen molar-refractivity contribution in [3.63, 3.8) is 0 Å². The molecule has 0 aliphatic heterocycles. The first-order chi connectivity index (χ1) is 31.6. The minimum absolute atomic E-state index is 0.0338. The molecule has 5 heteroatoms. The Morgan fingerprint density at radius 2 is 0.703 bits per heavy atom. The van der Waals surface area contributed by atoms with Crippen molar-refractivity contribution in [2.45, 2.75) is 207 Å². The van der Waals surface area contributed by atoms with E-state index in [1.165, 1.54) is 38.5 Å². The molecule has 0 bridgehead atoms. The van der Waals surface area contributed by atoms with E-state index in [1.54, 1.807) is 0 Å².